The third kappa shape index (κ3) is 2.81. The van der Waals surface area contributed by atoms with Crippen molar-refractivity contribution in [1.82, 2.24) is 4.90 Å². The summed E-state index contributed by atoms with van der Waals surface area (Å²) in [5.41, 5.74) is 0. The number of aliphatic hydroxyl groups excluding tert-OH is 1. The van der Waals surface area contributed by atoms with E-state index in [1.165, 1.54) is 24.1 Å². The minimum atomic E-state index is 0.210. The van der Waals surface area contributed by atoms with Crippen LogP contribution in [0.2, 0.25) is 0 Å². The summed E-state index contributed by atoms with van der Waals surface area (Å²) in [5, 5.41) is 11.6. The molecule has 15 heavy (non-hydrogen) atoms. The van der Waals surface area contributed by atoms with Gasteiger partial charge in [0, 0.05) is 14.7 Å². The van der Waals surface area contributed by atoms with Gasteiger partial charge in [-0.2, -0.15) is 0 Å². The molecule has 1 aliphatic rings. The van der Waals surface area contributed by atoms with Crippen LogP contribution in [0.1, 0.15) is 30.2 Å². The van der Waals surface area contributed by atoms with E-state index in [0.717, 1.165) is 17.6 Å². The minimum Gasteiger partial charge on any atom is -0.394 e. The van der Waals surface area contributed by atoms with Gasteiger partial charge >= 0.3 is 0 Å². The normalized spacial score (nSPS) is 20.4. The molecule has 2 rings (SSSR count). The number of aliphatic hydroxyl groups is 1. The molecule has 1 aromatic rings. The quantitative estimate of drug-likeness (QED) is 0.925. The molecule has 1 N–H and O–H groups in total. The third-order valence-electron chi connectivity index (χ3n) is 2.92. The molecule has 0 spiro atoms. The van der Waals surface area contributed by atoms with Crippen LogP contribution < -0.4 is 0 Å². The van der Waals surface area contributed by atoms with Crippen LogP contribution in [0.5, 0.6) is 0 Å². The molecule has 0 amide bonds. The van der Waals surface area contributed by atoms with E-state index in [1.54, 1.807) is 11.3 Å². The number of hydrogen-bond acceptors (Lipinski definition) is 3. The zero-order valence-corrected chi connectivity index (χ0v) is 11.1. The van der Waals surface area contributed by atoms with Gasteiger partial charge in [0.25, 0.3) is 0 Å². The van der Waals surface area contributed by atoms with Crippen molar-refractivity contribution in [2.75, 3.05) is 19.7 Å². The summed E-state index contributed by atoms with van der Waals surface area (Å²) in [6.45, 7) is 2.48. The van der Waals surface area contributed by atoms with Gasteiger partial charge in [-0.05, 0) is 47.9 Å². The van der Waals surface area contributed by atoms with Gasteiger partial charge < -0.3 is 5.11 Å². The Morgan fingerprint density at radius 1 is 1.40 bits per heavy atom. The lowest BCUT2D eigenvalue weighted by Gasteiger charge is -2.32. The maximum Gasteiger partial charge on any atom is 0.0675 e. The molecular formula is C11H16BrNOS. The largest absolute Gasteiger partial charge is 0.394 e. The molecule has 2 heterocycles. The van der Waals surface area contributed by atoms with Crippen LogP contribution >= 0.6 is 27.3 Å². The molecule has 0 saturated carbocycles. The smallest absolute Gasteiger partial charge is 0.0675 e. The Labute approximate surface area is 103 Å². The first-order valence-electron chi connectivity index (χ1n) is 5.40. The van der Waals surface area contributed by atoms with Crippen LogP contribution in [0.3, 0.4) is 0 Å². The van der Waals surface area contributed by atoms with Crippen LogP contribution in [0.25, 0.3) is 0 Å². The average molecular weight is 290 g/mol. The van der Waals surface area contributed by atoms with E-state index in [1.807, 2.05) is 0 Å². The van der Waals surface area contributed by atoms with Crippen molar-refractivity contribution in [3.63, 3.8) is 0 Å². The van der Waals surface area contributed by atoms with Gasteiger partial charge in [0.15, 0.2) is 0 Å². The second-order valence-electron chi connectivity index (χ2n) is 3.96. The molecule has 1 unspecified atom stereocenters. The highest BCUT2D eigenvalue weighted by Crippen LogP contribution is 2.30. The van der Waals surface area contributed by atoms with Crippen LogP contribution in [-0.2, 0) is 0 Å². The van der Waals surface area contributed by atoms with E-state index >= 15 is 0 Å². The Hall–Kier alpha value is 0.1000. The van der Waals surface area contributed by atoms with Crippen molar-refractivity contribution in [2.24, 2.45) is 0 Å². The zero-order valence-electron chi connectivity index (χ0n) is 8.66. The third-order valence-corrected chi connectivity index (χ3v) is 4.72. The van der Waals surface area contributed by atoms with E-state index in [-0.39, 0.29) is 12.6 Å². The molecule has 1 aromatic heterocycles. The SMILES string of the molecule is OCC(c1cc(Br)cs1)N1CCCCC1. The Morgan fingerprint density at radius 3 is 2.67 bits per heavy atom. The second-order valence-corrected chi connectivity index (χ2v) is 5.82. The van der Waals surface area contributed by atoms with Gasteiger partial charge in [-0.1, -0.05) is 6.42 Å². The highest BCUT2D eigenvalue weighted by molar-refractivity contribution is 9.10. The van der Waals surface area contributed by atoms with Crippen molar-refractivity contribution >= 4 is 27.3 Å². The Morgan fingerprint density at radius 2 is 2.13 bits per heavy atom. The summed E-state index contributed by atoms with van der Waals surface area (Å²) in [7, 11) is 0. The van der Waals surface area contributed by atoms with Gasteiger partial charge in [-0.25, -0.2) is 0 Å². The second kappa shape index (κ2) is 5.43. The summed E-state index contributed by atoms with van der Waals surface area (Å²) in [6, 6.07) is 2.33. The standard InChI is InChI=1S/C11H16BrNOS/c12-9-6-11(15-8-9)10(7-14)13-4-2-1-3-5-13/h6,8,10,14H,1-5,7H2. The van der Waals surface area contributed by atoms with E-state index in [4.69, 9.17) is 0 Å². The number of likely N-dealkylation sites (tertiary alicyclic amines) is 1. The van der Waals surface area contributed by atoms with Crippen LogP contribution in [-0.4, -0.2) is 29.7 Å². The number of piperidine rings is 1. The minimum absolute atomic E-state index is 0.210. The first-order chi connectivity index (χ1) is 7.31. The summed E-state index contributed by atoms with van der Waals surface area (Å²) in [4.78, 5) is 3.67. The van der Waals surface area contributed by atoms with E-state index in [0.29, 0.717) is 0 Å². The van der Waals surface area contributed by atoms with Crippen molar-refractivity contribution < 1.29 is 5.11 Å². The predicted octanol–water partition coefficient (Wildman–Crippen LogP) is 3.03. The van der Waals surface area contributed by atoms with Crippen LogP contribution in [0.15, 0.2) is 15.9 Å². The molecule has 84 valence electrons. The van der Waals surface area contributed by atoms with E-state index in [9.17, 15) is 5.11 Å². The maximum atomic E-state index is 9.49. The average Bonchev–Trinajstić information content (AvgIpc) is 2.68. The predicted molar refractivity (Wildman–Crippen MR) is 67.3 cm³/mol. The summed E-state index contributed by atoms with van der Waals surface area (Å²) < 4.78 is 1.12. The molecule has 1 saturated heterocycles. The van der Waals surface area contributed by atoms with Gasteiger partial charge in [0.05, 0.1) is 12.6 Å². The molecule has 2 nitrogen and oxygen atoms in total. The van der Waals surface area contributed by atoms with Gasteiger partial charge in [0.1, 0.15) is 0 Å². The molecule has 4 heteroatoms. The fourth-order valence-corrected chi connectivity index (χ4v) is 3.69. The van der Waals surface area contributed by atoms with Crippen molar-refractivity contribution in [2.45, 2.75) is 25.3 Å². The monoisotopic (exact) mass is 289 g/mol. The first kappa shape index (κ1) is 11.6. The molecule has 1 aliphatic heterocycles. The van der Waals surface area contributed by atoms with Crippen LogP contribution in [0.4, 0.5) is 0 Å². The Kier molecular flexibility index (Phi) is 4.20. The lowest BCUT2D eigenvalue weighted by molar-refractivity contribution is 0.106. The number of thiophene rings is 1. The molecule has 0 radical (unpaired) electrons. The number of hydrogen-bond donors (Lipinski definition) is 1. The van der Waals surface area contributed by atoms with E-state index < -0.39 is 0 Å². The van der Waals surface area contributed by atoms with Crippen molar-refractivity contribution in [1.29, 1.82) is 0 Å². The Balaban J connectivity index is 2.08. The van der Waals surface area contributed by atoms with Crippen molar-refractivity contribution in [3.05, 3.63) is 20.8 Å². The number of nitrogens with zero attached hydrogens (tertiary/aromatic N) is 1. The molecule has 0 bridgehead atoms. The summed E-state index contributed by atoms with van der Waals surface area (Å²) in [5.74, 6) is 0. The fraction of sp³-hybridized carbons (Fsp3) is 0.636. The van der Waals surface area contributed by atoms with Gasteiger partial charge in [-0.3, -0.25) is 4.90 Å². The number of rotatable bonds is 3. The lowest BCUT2D eigenvalue weighted by Crippen LogP contribution is -2.35. The molecular weight excluding hydrogens is 274 g/mol. The van der Waals surface area contributed by atoms with Gasteiger partial charge in [-0.15, -0.1) is 11.3 Å². The molecule has 0 aliphatic carbocycles. The molecule has 1 atom stereocenters. The lowest BCUT2D eigenvalue weighted by atomic mass is 10.1. The first-order valence-corrected chi connectivity index (χ1v) is 7.07. The highest BCUT2D eigenvalue weighted by atomic mass is 79.9. The Bertz CT molecular complexity index is 309. The molecule has 0 aromatic carbocycles. The van der Waals surface area contributed by atoms with Gasteiger partial charge in [0.2, 0.25) is 0 Å². The summed E-state index contributed by atoms with van der Waals surface area (Å²) in [6.07, 6.45) is 3.87. The van der Waals surface area contributed by atoms with Crippen LogP contribution in [0, 0.1) is 0 Å². The topological polar surface area (TPSA) is 23.5 Å². The zero-order chi connectivity index (χ0) is 10.7. The highest BCUT2D eigenvalue weighted by Gasteiger charge is 2.22. The maximum absolute atomic E-state index is 9.49. The summed E-state index contributed by atoms with van der Waals surface area (Å²) >= 11 is 5.19. The van der Waals surface area contributed by atoms with E-state index in [2.05, 4.69) is 32.3 Å². The number of halogens is 1. The molecule has 1 fully saturated rings. The van der Waals surface area contributed by atoms with Crippen molar-refractivity contribution in [3.8, 4) is 0 Å². The fourth-order valence-electron chi connectivity index (χ4n) is 2.12.